The smallest absolute Gasteiger partial charge is 0.261 e. The van der Waals surface area contributed by atoms with E-state index in [0.717, 1.165) is 5.56 Å². The molecule has 1 aromatic carbocycles. The monoisotopic (exact) mass is 236 g/mol. The van der Waals surface area contributed by atoms with Crippen molar-refractivity contribution in [2.75, 3.05) is 0 Å². The van der Waals surface area contributed by atoms with Crippen LogP contribution in [-0.2, 0) is 0 Å². The molecule has 0 radical (unpaired) electrons. The van der Waals surface area contributed by atoms with Gasteiger partial charge >= 0.3 is 0 Å². The maximum atomic E-state index is 12.9. The summed E-state index contributed by atoms with van der Waals surface area (Å²) in [5, 5.41) is 4.24. The van der Waals surface area contributed by atoms with Gasteiger partial charge in [-0.25, -0.2) is 8.78 Å². The Kier molecular flexibility index (Phi) is 3.22. The Morgan fingerprint density at radius 2 is 1.76 bits per heavy atom. The van der Waals surface area contributed by atoms with E-state index in [4.69, 9.17) is 0 Å². The summed E-state index contributed by atoms with van der Waals surface area (Å²) in [5.74, 6) is 0. The van der Waals surface area contributed by atoms with Crippen molar-refractivity contribution in [3.05, 3.63) is 42.1 Å². The van der Waals surface area contributed by atoms with Crippen molar-refractivity contribution in [1.82, 2.24) is 9.78 Å². The Labute approximate surface area is 98.9 Å². The number of benzene rings is 1. The molecule has 1 aromatic heterocycles. The Hall–Kier alpha value is -1.71. The Bertz CT molecular complexity index is 464. The van der Waals surface area contributed by atoms with Crippen LogP contribution in [0, 0.1) is 0 Å². The zero-order valence-corrected chi connectivity index (χ0v) is 9.77. The highest BCUT2D eigenvalue weighted by Gasteiger charge is 2.18. The number of alkyl halides is 2. The van der Waals surface area contributed by atoms with E-state index < -0.39 is 6.43 Å². The van der Waals surface area contributed by atoms with Crippen LogP contribution in [0.4, 0.5) is 8.78 Å². The molecular weight excluding hydrogens is 222 g/mol. The summed E-state index contributed by atoms with van der Waals surface area (Å²) in [4.78, 5) is 0. The van der Waals surface area contributed by atoms with E-state index in [9.17, 15) is 8.78 Å². The van der Waals surface area contributed by atoms with Crippen LogP contribution in [0.5, 0.6) is 0 Å². The minimum atomic E-state index is -2.50. The number of rotatable bonds is 3. The molecule has 0 saturated heterocycles. The third-order valence-electron chi connectivity index (χ3n) is 2.55. The zero-order valence-electron chi connectivity index (χ0n) is 9.77. The summed E-state index contributed by atoms with van der Waals surface area (Å²) in [5.41, 5.74) is 1.42. The van der Waals surface area contributed by atoms with E-state index in [2.05, 4.69) is 5.10 Å². The van der Waals surface area contributed by atoms with Gasteiger partial charge < -0.3 is 0 Å². The molecule has 0 saturated carbocycles. The molecule has 2 aromatic rings. The maximum Gasteiger partial charge on any atom is 0.280 e. The van der Waals surface area contributed by atoms with Gasteiger partial charge in [-0.05, 0) is 19.9 Å². The molecule has 0 aliphatic carbocycles. The van der Waals surface area contributed by atoms with Crippen LogP contribution in [0.15, 0.2) is 36.4 Å². The number of nitrogens with zero attached hydrogens (tertiary/aromatic N) is 2. The minimum absolute atomic E-state index is 0.0288. The van der Waals surface area contributed by atoms with E-state index >= 15 is 0 Å². The predicted molar refractivity (Wildman–Crippen MR) is 63.0 cm³/mol. The van der Waals surface area contributed by atoms with Crippen molar-refractivity contribution < 1.29 is 8.78 Å². The first-order valence-electron chi connectivity index (χ1n) is 5.52. The van der Waals surface area contributed by atoms with Crippen LogP contribution < -0.4 is 0 Å². The van der Waals surface area contributed by atoms with Crippen LogP contribution in [0.2, 0.25) is 0 Å². The minimum Gasteiger partial charge on any atom is -0.261 e. The topological polar surface area (TPSA) is 17.8 Å². The summed E-state index contributed by atoms with van der Waals surface area (Å²) in [7, 11) is 0. The fourth-order valence-corrected chi connectivity index (χ4v) is 1.74. The highest BCUT2D eigenvalue weighted by Crippen LogP contribution is 2.27. The van der Waals surface area contributed by atoms with Gasteiger partial charge in [0.1, 0.15) is 5.69 Å². The van der Waals surface area contributed by atoms with Gasteiger partial charge in [0.15, 0.2) is 0 Å². The predicted octanol–water partition coefficient (Wildman–Crippen LogP) is 4.07. The lowest BCUT2D eigenvalue weighted by molar-refractivity contribution is 0.137. The van der Waals surface area contributed by atoms with Crippen molar-refractivity contribution >= 4 is 0 Å². The van der Waals surface area contributed by atoms with Crippen molar-refractivity contribution in [3.63, 3.8) is 0 Å². The van der Waals surface area contributed by atoms with Gasteiger partial charge in [0, 0.05) is 11.6 Å². The average Bonchev–Trinajstić information content (AvgIpc) is 2.75. The summed E-state index contributed by atoms with van der Waals surface area (Å²) >= 11 is 0. The second-order valence-corrected chi connectivity index (χ2v) is 4.16. The van der Waals surface area contributed by atoms with Gasteiger partial charge in [-0.15, -0.1) is 0 Å². The molecule has 0 aliphatic heterocycles. The standard InChI is InChI=1S/C13H14F2N2/c1-9(2)17-12(13(14)15)8-11(16-17)10-6-4-3-5-7-10/h3-9,13H,1-2H3. The quantitative estimate of drug-likeness (QED) is 0.785. The van der Waals surface area contributed by atoms with Gasteiger partial charge in [-0.1, -0.05) is 30.3 Å². The van der Waals surface area contributed by atoms with Gasteiger partial charge in [0.2, 0.25) is 0 Å². The summed E-state index contributed by atoms with van der Waals surface area (Å²) in [6, 6.07) is 10.7. The van der Waals surface area contributed by atoms with E-state index in [0.29, 0.717) is 5.69 Å². The van der Waals surface area contributed by atoms with Crippen LogP contribution in [0.1, 0.15) is 32.0 Å². The molecule has 0 fully saturated rings. The molecule has 0 unspecified atom stereocenters. The lowest BCUT2D eigenvalue weighted by Crippen LogP contribution is -2.07. The Morgan fingerprint density at radius 1 is 1.12 bits per heavy atom. The lowest BCUT2D eigenvalue weighted by Gasteiger charge is -2.09. The van der Waals surface area contributed by atoms with E-state index in [1.165, 1.54) is 10.7 Å². The summed E-state index contributed by atoms with van der Waals surface area (Å²) in [6.45, 7) is 3.68. The highest BCUT2D eigenvalue weighted by molar-refractivity contribution is 5.59. The maximum absolute atomic E-state index is 12.9. The van der Waals surface area contributed by atoms with Crippen molar-refractivity contribution in [2.24, 2.45) is 0 Å². The Balaban J connectivity index is 2.48. The molecule has 2 rings (SSSR count). The second-order valence-electron chi connectivity index (χ2n) is 4.16. The molecule has 0 N–H and O–H groups in total. The van der Waals surface area contributed by atoms with Gasteiger partial charge in [0.05, 0.1) is 5.69 Å². The molecule has 2 nitrogen and oxygen atoms in total. The fraction of sp³-hybridized carbons (Fsp3) is 0.308. The normalized spacial score (nSPS) is 11.4. The lowest BCUT2D eigenvalue weighted by atomic mass is 10.1. The van der Waals surface area contributed by atoms with Gasteiger partial charge in [0.25, 0.3) is 6.43 Å². The van der Waals surface area contributed by atoms with E-state index in [1.54, 1.807) is 0 Å². The van der Waals surface area contributed by atoms with Crippen LogP contribution in [0.25, 0.3) is 11.3 Å². The van der Waals surface area contributed by atoms with Crippen LogP contribution in [-0.4, -0.2) is 9.78 Å². The molecule has 0 atom stereocenters. The van der Waals surface area contributed by atoms with E-state index in [-0.39, 0.29) is 11.7 Å². The Morgan fingerprint density at radius 3 is 2.24 bits per heavy atom. The number of halogens is 2. The average molecular weight is 236 g/mol. The van der Waals surface area contributed by atoms with Crippen LogP contribution in [0.3, 0.4) is 0 Å². The third kappa shape index (κ3) is 2.35. The van der Waals surface area contributed by atoms with Crippen molar-refractivity contribution in [2.45, 2.75) is 26.3 Å². The number of aromatic nitrogens is 2. The second kappa shape index (κ2) is 4.65. The van der Waals surface area contributed by atoms with Gasteiger partial charge in [-0.2, -0.15) is 5.10 Å². The van der Waals surface area contributed by atoms with Crippen molar-refractivity contribution in [3.8, 4) is 11.3 Å². The number of hydrogen-bond donors (Lipinski definition) is 0. The molecule has 4 heteroatoms. The molecule has 17 heavy (non-hydrogen) atoms. The molecule has 1 heterocycles. The first kappa shape index (κ1) is 11.8. The molecule has 90 valence electrons. The first-order chi connectivity index (χ1) is 8.09. The zero-order chi connectivity index (χ0) is 12.4. The molecule has 0 aliphatic rings. The fourth-order valence-electron chi connectivity index (χ4n) is 1.74. The third-order valence-corrected chi connectivity index (χ3v) is 2.55. The van der Waals surface area contributed by atoms with Gasteiger partial charge in [-0.3, -0.25) is 4.68 Å². The molecule has 0 bridgehead atoms. The number of hydrogen-bond acceptors (Lipinski definition) is 1. The molecular formula is C13H14F2N2. The summed E-state index contributed by atoms with van der Waals surface area (Å²) < 4.78 is 27.1. The molecule has 0 spiro atoms. The highest BCUT2D eigenvalue weighted by atomic mass is 19.3. The van der Waals surface area contributed by atoms with E-state index in [1.807, 2.05) is 44.2 Å². The summed E-state index contributed by atoms with van der Waals surface area (Å²) in [6.07, 6.45) is -2.50. The first-order valence-corrected chi connectivity index (χ1v) is 5.52. The molecule has 0 amide bonds. The SMILES string of the molecule is CC(C)n1nc(-c2ccccc2)cc1C(F)F. The van der Waals surface area contributed by atoms with Crippen LogP contribution >= 0.6 is 0 Å². The van der Waals surface area contributed by atoms with Crippen molar-refractivity contribution in [1.29, 1.82) is 0 Å². The largest absolute Gasteiger partial charge is 0.280 e.